The molecule has 0 aliphatic rings. The number of nitrogens with one attached hydrogen (secondary N) is 1. The fraction of sp³-hybridized carbons (Fsp3) is 0.273. The molecule has 0 bridgehead atoms. The first-order valence-electron chi connectivity index (χ1n) is 5.20. The molecule has 2 heterocycles. The summed E-state index contributed by atoms with van der Waals surface area (Å²) in [7, 11) is 1.73. The molecule has 2 aromatic rings. The van der Waals surface area contributed by atoms with Crippen molar-refractivity contribution < 1.29 is 4.79 Å². The average Bonchev–Trinajstić information content (AvgIpc) is 2.87. The van der Waals surface area contributed by atoms with Crippen molar-refractivity contribution in [3.05, 3.63) is 34.3 Å². The number of nitrogens with two attached hydrogens (primary N) is 1. The van der Waals surface area contributed by atoms with Crippen molar-refractivity contribution in [1.29, 1.82) is 0 Å². The second kappa shape index (κ2) is 4.58. The van der Waals surface area contributed by atoms with Gasteiger partial charge in [-0.1, -0.05) is 0 Å². The number of anilines is 1. The number of carbonyl (C=O) groups is 1. The molecule has 6 heteroatoms. The van der Waals surface area contributed by atoms with E-state index in [1.165, 1.54) is 4.68 Å². The molecule has 1 atom stereocenters. The Balaban J connectivity index is 2.09. The standard InChI is InChI=1S/C11H14N4OS/c1-7(8-3-4-17-6-8)13-11(16)10-9(12)5-15(2)14-10/h3-7H,12H2,1-2H3,(H,13,16). The van der Waals surface area contributed by atoms with Gasteiger partial charge in [-0.2, -0.15) is 16.4 Å². The van der Waals surface area contributed by atoms with E-state index in [2.05, 4.69) is 10.4 Å². The number of nitrogens with zero attached hydrogens (tertiary/aromatic N) is 2. The normalized spacial score (nSPS) is 12.4. The van der Waals surface area contributed by atoms with Gasteiger partial charge >= 0.3 is 0 Å². The molecule has 90 valence electrons. The molecule has 0 aromatic carbocycles. The van der Waals surface area contributed by atoms with Gasteiger partial charge in [0.05, 0.1) is 11.7 Å². The number of carbonyl (C=O) groups excluding carboxylic acids is 1. The summed E-state index contributed by atoms with van der Waals surface area (Å²) in [6.07, 6.45) is 1.62. The minimum atomic E-state index is -0.248. The van der Waals surface area contributed by atoms with Crippen LogP contribution in [0.15, 0.2) is 23.0 Å². The number of nitrogen functional groups attached to an aromatic ring is 1. The molecule has 0 aliphatic carbocycles. The van der Waals surface area contributed by atoms with Gasteiger partial charge in [-0.15, -0.1) is 0 Å². The molecule has 2 aromatic heterocycles. The van der Waals surface area contributed by atoms with E-state index >= 15 is 0 Å². The molecule has 2 rings (SSSR count). The van der Waals surface area contributed by atoms with Gasteiger partial charge in [0.1, 0.15) is 0 Å². The number of amides is 1. The highest BCUT2D eigenvalue weighted by Crippen LogP contribution is 2.17. The third kappa shape index (κ3) is 2.47. The summed E-state index contributed by atoms with van der Waals surface area (Å²) in [5, 5.41) is 10.9. The monoisotopic (exact) mass is 250 g/mol. The van der Waals surface area contributed by atoms with Crippen LogP contribution < -0.4 is 11.1 Å². The minimum Gasteiger partial charge on any atom is -0.396 e. The molecule has 0 aliphatic heterocycles. The topological polar surface area (TPSA) is 72.9 Å². The van der Waals surface area contributed by atoms with Crippen molar-refractivity contribution in [3.8, 4) is 0 Å². The zero-order chi connectivity index (χ0) is 12.4. The number of hydrogen-bond donors (Lipinski definition) is 2. The second-order valence-corrected chi connectivity index (χ2v) is 4.64. The van der Waals surface area contributed by atoms with Crippen molar-refractivity contribution in [2.45, 2.75) is 13.0 Å². The lowest BCUT2D eigenvalue weighted by atomic mass is 10.2. The Hall–Kier alpha value is -1.82. The summed E-state index contributed by atoms with van der Waals surface area (Å²) < 4.78 is 1.53. The maximum Gasteiger partial charge on any atom is 0.274 e. The van der Waals surface area contributed by atoms with E-state index in [9.17, 15) is 4.79 Å². The zero-order valence-corrected chi connectivity index (χ0v) is 10.5. The van der Waals surface area contributed by atoms with E-state index in [0.717, 1.165) is 5.56 Å². The van der Waals surface area contributed by atoms with E-state index < -0.39 is 0 Å². The number of rotatable bonds is 3. The number of aryl methyl sites for hydroxylation is 1. The van der Waals surface area contributed by atoms with Crippen molar-refractivity contribution >= 4 is 22.9 Å². The third-order valence-electron chi connectivity index (χ3n) is 2.46. The first-order chi connectivity index (χ1) is 8.08. The Morgan fingerprint density at radius 1 is 1.65 bits per heavy atom. The minimum absolute atomic E-state index is 0.0462. The van der Waals surface area contributed by atoms with Crippen molar-refractivity contribution in [2.75, 3.05) is 5.73 Å². The summed E-state index contributed by atoms with van der Waals surface area (Å²) in [5.74, 6) is -0.248. The van der Waals surface area contributed by atoms with Crippen molar-refractivity contribution in [3.63, 3.8) is 0 Å². The van der Waals surface area contributed by atoms with Gasteiger partial charge in [0.15, 0.2) is 5.69 Å². The number of hydrogen-bond acceptors (Lipinski definition) is 4. The molecule has 5 nitrogen and oxygen atoms in total. The Bertz CT molecular complexity index is 518. The van der Waals surface area contributed by atoms with Gasteiger partial charge in [-0.05, 0) is 29.3 Å². The number of thiophene rings is 1. The van der Waals surface area contributed by atoms with Crippen LogP contribution in [0.25, 0.3) is 0 Å². The van der Waals surface area contributed by atoms with E-state index in [1.807, 2.05) is 23.8 Å². The summed E-state index contributed by atoms with van der Waals surface area (Å²) in [6, 6.07) is 1.94. The molecule has 17 heavy (non-hydrogen) atoms. The van der Waals surface area contributed by atoms with Crippen LogP contribution in [0.3, 0.4) is 0 Å². The van der Waals surface area contributed by atoms with Crippen LogP contribution in [0.4, 0.5) is 5.69 Å². The van der Waals surface area contributed by atoms with E-state index in [1.54, 1.807) is 24.6 Å². The van der Waals surface area contributed by atoms with Crippen molar-refractivity contribution in [2.24, 2.45) is 7.05 Å². The van der Waals surface area contributed by atoms with Crippen molar-refractivity contribution in [1.82, 2.24) is 15.1 Å². The molecule has 1 unspecified atom stereocenters. The molecular weight excluding hydrogens is 236 g/mol. The highest BCUT2D eigenvalue weighted by molar-refractivity contribution is 7.07. The quantitative estimate of drug-likeness (QED) is 0.868. The second-order valence-electron chi connectivity index (χ2n) is 3.86. The number of aromatic nitrogens is 2. The average molecular weight is 250 g/mol. The lowest BCUT2D eigenvalue weighted by Gasteiger charge is -2.11. The lowest BCUT2D eigenvalue weighted by molar-refractivity contribution is 0.0935. The molecular formula is C11H14N4OS. The van der Waals surface area contributed by atoms with Gasteiger partial charge in [-0.3, -0.25) is 9.48 Å². The van der Waals surface area contributed by atoms with E-state index in [-0.39, 0.29) is 17.6 Å². The maximum atomic E-state index is 11.9. The Morgan fingerprint density at radius 2 is 2.41 bits per heavy atom. The predicted octanol–water partition coefficient (Wildman–Crippen LogP) is 1.55. The fourth-order valence-electron chi connectivity index (χ4n) is 1.55. The van der Waals surface area contributed by atoms with Gasteiger partial charge in [0.25, 0.3) is 5.91 Å². The SMILES string of the molecule is CC(NC(=O)c1nn(C)cc1N)c1ccsc1. The van der Waals surface area contributed by atoms with E-state index in [0.29, 0.717) is 5.69 Å². The predicted molar refractivity (Wildman–Crippen MR) is 67.8 cm³/mol. The summed E-state index contributed by atoms with van der Waals surface area (Å²) >= 11 is 1.60. The highest BCUT2D eigenvalue weighted by atomic mass is 32.1. The van der Waals surface area contributed by atoms with Gasteiger partial charge in [0, 0.05) is 13.2 Å². The van der Waals surface area contributed by atoms with Gasteiger partial charge < -0.3 is 11.1 Å². The van der Waals surface area contributed by atoms with Crippen LogP contribution in [0.2, 0.25) is 0 Å². The van der Waals surface area contributed by atoms with Crippen LogP contribution in [0.1, 0.15) is 29.0 Å². The third-order valence-corrected chi connectivity index (χ3v) is 3.16. The molecule has 1 amide bonds. The van der Waals surface area contributed by atoms with Crippen LogP contribution in [0, 0.1) is 0 Å². The smallest absolute Gasteiger partial charge is 0.274 e. The fourth-order valence-corrected chi connectivity index (χ4v) is 2.31. The maximum absolute atomic E-state index is 11.9. The molecule has 0 fully saturated rings. The van der Waals surface area contributed by atoms with Crippen LogP contribution in [-0.2, 0) is 7.05 Å². The molecule has 0 spiro atoms. The van der Waals surface area contributed by atoms with E-state index in [4.69, 9.17) is 5.73 Å². The Kier molecular flexibility index (Phi) is 3.14. The Morgan fingerprint density at radius 3 is 2.94 bits per heavy atom. The lowest BCUT2D eigenvalue weighted by Crippen LogP contribution is -2.27. The summed E-state index contributed by atoms with van der Waals surface area (Å²) in [4.78, 5) is 11.9. The highest BCUT2D eigenvalue weighted by Gasteiger charge is 2.16. The van der Waals surface area contributed by atoms with Gasteiger partial charge in [-0.25, -0.2) is 0 Å². The molecule has 0 radical (unpaired) electrons. The molecule has 0 saturated carbocycles. The van der Waals surface area contributed by atoms with Crippen LogP contribution in [0.5, 0.6) is 0 Å². The zero-order valence-electron chi connectivity index (χ0n) is 9.68. The summed E-state index contributed by atoms with van der Waals surface area (Å²) in [6.45, 7) is 1.93. The first kappa shape index (κ1) is 11.7. The molecule has 3 N–H and O–H groups in total. The largest absolute Gasteiger partial charge is 0.396 e. The van der Waals surface area contributed by atoms with Crippen LogP contribution in [-0.4, -0.2) is 15.7 Å². The first-order valence-corrected chi connectivity index (χ1v) is 6.14. The summed E-state index contributed by atoms with van der Waals surface area (Å²) in [5.41, 5.74) is 7.44. The van der Waals surface area contributed by atoms with Gasteiger partial charge in [0.2, 0.25) is 0 Å². The van der Waals surface area contributed by atoms with Crippen LogP contribution >= 0.6 is 11.3 Å². The molecule has 0 saturated heterocycles. The Labute approximate surface area is 103 Å².